The zero-order valence-corrected chi connectivity index (χ0v) is 21.5. The number of rotatable bonds is 7. The van der Waals surface area contributed by atoms with E-state index in [0.717, 1.165) is 80.0 Å². The minimum Gasteiger partial charge on any atom is -0.369 e. The predicted octanol–water partition coefficient (Wildman–Crippen LogP) is 4.31. The quantitative estimate of drug-likeness (QED) is 0.517. The number of aromatic nitrogens is 3. The Hall–Kier alpha value is -2.93. The minimum atomic E-state index is -0.194. The molecule has 7 heteroatoms. The molecule has 0 radical (unpaired) electrons. The summed E-state index contributed by atoms with van der Waals surface area (Å²) in [6.07, 6.45) is 3.25. The number of amides is 1. The second kappa shape index (κ2) is 9.61. The van der Waals surface area contributed by atoms with Crippen molar-refractivity contribution in [3.05, 3.63) is 53.3 Å². The fraction of sp³-hybridized carbons (Fsp3) is 0.536. The molecule has 2 aromatic heterocycles. The fourth-order valence-corrected chi connectivity index (χ4v) is 5.01. The molecule has 1 aliphatic heterocycles. The second-order valence-electron chi connectivity index (χ2n) is 11.0. The normalized spacial score (nSPS) is 17.2. The Bertz CT molecular complexity index is 1180. The Balaban J connectivity index is 1.20. The molecule has 0 unspecified atom stereocenters. The summed E-state index contributed by atoms with van der Waals surface area (Å²) >= 11 is 0. The standard InChI is InChI=1S/C28H38N6O/c1-20-25-23(19-24(21-11-12-21)30-26(25)34(31-20)28(2,3)4)27(35)29-13-8-14-32-15-17-33(18-16-32)22-9-6-5-7-10-22/h5-7,9-10,19,21H,8,11-18H2,1-4H3,(H,29,35). The number of nitrogens with one attached hydrogen (secondary N) is 1. The van der Waals surface area contributed by atoms with E-state index in [2.05, 4.69) is 66.2 Å². The van der Waals surface area contributed by atoms with Gasteiger partial charge in [-0.3, -0.25) is 9.69 Å². The number of carbonyl (C=O) groups is 1. The van der Waals surface area contributed by atoms with Gasteiger partial charge in [0, 0.05) is 50.0 Å². The highest BCUT2D eigenvalue weighted by atomic mass is 16.1. The van der Waals surface area contributed by atoms with Crippen LogP contribution in [0.4, 0.5) is 5.69 Å². The lowest BCUT2D eigenvalue weighted by Gasteiger charge is -2.36. The van der Waals surface area contributed by atoms with Gasteiger partial charge in [0.1, 0.15) is 0 Å². The van der Waals surface area contributed by atoms with Gasteiger partial charge in [-0.05, 0) is 71.7 Å². The van der Waals surface area contributed by atoms with Crippen molar-refractivity contribution in [3.63, 3.8) is 0 Å². The van der Waals surface area contributed by atoms with Gasteiger partial charge < -0.3 is 10.2 Å². The highest BCUT2D eigenvalue weighted by Crippen LogP contribution is 2.41. The van der Waals surface area contributed by atoms with E-state index in [0.29, 0.717) is 12.5 Å². The number of anilines is 1. The minimum absolute atomic E-state index is 0.00949. The zero-order chi connectivity index (χ0) is 24.6. The van der Waals surface area contributed by atoms with Gasteiger partial charge in [-0.15, -0.1) is 0 Å². The lowest BCUT2D eigenvalue weighted by atomic mass is 10.1. The largest absolute Gasteiger partial charge is 0.369 e. The average Bonchev–Trinajstić information content (AvgIpc) is 3.65. The molecule has 1 amide bonds. The maximum Gasteiger partial charge on any atom is 0.252 e. The van der Waals surface area contributed by atoms with Gasteiger partial charge in [0.15, 0.2) is 5.65 Å². The summed E-state index contributed by atoms with van der Waals surface area (Å²) in [6, 6.07) is 12.6. The van der Waals surface area contributed by atoms with E-state index in [1.807, 2.05) is 17.7 Å². The summed E-state index contributed by atoms with van der Waals surface area (Å²) in [4.78, 5) is 23.2. The van der Waals surface area contributed by atoms with Crippen molar-refractivity contribution in [2.45, 2.75) is 58.4 Å². The van der Waals surface area contributed by atoms with Crippen molar-refractivity contribution in [3.8, 4) is 0 Å². The molecule has 1 saturated heterocycles. The molecule has 1 saturated carbocycles. The highest BCUT2D eigenvalue weighted by Gasteiger charge is 2.30. The summed E-state index contributed by atoms with van der Waals surface area (Å²) in [5, 5.41) is 8.85. The van der Waals surface area contributed by atoms with Crippen molar-refractivity contribution in [1.82, 2.24) is 25.0 Å². The van der Waals surface area contributed by atoms with Gasteiger partial charge in [-0.1, -0.05) is 18.2 Å². The van der Waals surface area contributed by atoms with Crippen LogP contribution in [0.3, 0.4) is 0 Å². The van der Waals surface area contributed by atoms with Crippen LogP contribution >= 0.6 is 0 Å². The number of hydrogen-bond donors (Lipinski definition) is 1. The molecule has 0 atom stereocenters. The molecule has 1 N–H and O–H groups in total. The summed E-state index contributed by atoms with van der Waals surface area (Å²) in [7, 11) is 0. The van der Waals surface area contributed by atoms with Crippen molar-refractivity contribution in [2.75, 3.05) is 44.2 Å². The van der Waals surface area contributed by atoms with Gasteiger partial charge in [-0.2, -0.15) is 5.10 Å². The summed E-state index contributed by atoms with van der Waals surface area (Å²) < 4.78 is 1.98. The topological polar surface area (TPSA) is 66.3 Å². The third kappa shape index (κ3) is 5.20. The number of piperazine rings is 1. The Morgan fingerprint density at radius 1 is 1.09 bits per heavy atom. The molecular weight excluding hydrogens is 436 g/mol. The van der Waals surface area contributed by atoms with E-state index in [1.165, 1.54) is 5.69 Å². The number of benzene rings is 1. The second-order valence-corrected chi connectivity index (χ2v) is 11.0. The molecule has 5 rings (SSSR count). The van der Waals surface area contributed by atoms with Crippen LogP contribution in [0.1, 0.15) is 67.7 Å². The lowest BCUT2D eigenvalue weighted by Crippen LogP contribution is -2.47. The predicted molar refractivity (Wildman–Crippen MR) is 141 cm³/mol. The van der Waals surface area contributed by atoms with Gasteiger partial charge in [0.05, 0.1) is 22.2 Å². The van der Waals surface area contributed by atoms with E-state index in [1.54, 1.807) is 0 Å². The van der Waals surface area contributed by atoms with E-state index in [9.17, 15) is 4.79 Å². The molecule has 2 fully saturated rings. The Morgan fingerprint density at radius 3 is 2.46 bits per heavy atom. The first-order valence-corrected chi connectivity index (χ1v) is 13.0. The SMILES string of the molecule is Cc1nn(C(C)(C)C)c2nc(C3CC3)cc(C(=O)NCCCN3CCN(c4ccccc4)CC3)c12. The molecule has 2 aliphatic rings. The molecule has 0 spiro atoms. The van der Waals surface area contributed by atoms with Crippen LogP contribution < -0.4 is 10.2 Å². The number of para-hydroxylation sites is 1. The Kier molecular flexibility index (Phi) is 6.53. The number of fused-ring (bicyclic) bond motifs is 1. The first-order valence-electron chi connectivity index (χ1n) is 13.0. The molecule has 1 aromatic carbocycles. The molecule has 1 aliphatic carbocycles. The van der Waals surface area contributed by atoms with Gasteiger partial charge in [-0.25, -0.2) is 9.67 Å². The van der Waals surface area contributed by atoms with Crippen molar-refractivity contribution in [2.24, 2.45) is 0 Å². The van der Waals surface area contributed by atoms with Crippen LogP contribution in [0, 0.1) is 6.92 Å². The van der Waals surface area contributed by atoms with Crippen LogP contribution in [-0.2, 0) is 5.54 Å². The third-order valence-electron chi connectivity index (χ3n) is 7.14. The summed E-state index contributed by atoms with van der Waals surface area (Å²) in [5.74, 6) is 0.467. The zero-order valence-electron chi connectivity index (χ0n) is 21.5. The maximum atomic E-state index is 13.3. The molecule has 0 bridgehead atoms. The number of carbonyl (C=O) groups excluding carboxylic acids is 1. The van der Waals surface area contributed by atoms with E-state index in [4.69, 9.17) is 10.1 Å². The Morgan fingerprint density at radius 2 is 1.80 bits per heavy atom. The van der Waals surface area contributed by atoms with Crippen molar-refractivity contribution < 1.29 is 4.79 Å². The molecule has 35 heavy (non-hydrogen) atoms. The third-order valence-corrected chi connectivity index (χ3v) is 7.14. The average molecular weight is 475 g/mol. The van der Waals surface area contributed by atoms with Crippen LogP contribution in [-0.4, -0.2) is 64.8 Å². The van der Waals surface area contributed by atoms with Crippen LogP contribution in [0.15, 0.2) is 36.4 Å². The first kappa shape index (κ1) is 23.8. The first-order chi connectivity index (χ1) is 16.8. The lowest BCUT2D eigenvalue weighted by molar-refractivity contribution is 0.0953. The van der Waals surface area contributed by atoms with Crippen LogP contribution in [0.2, 0.25) is 0 Å². The summed E-state index contributed by atoms with van der Waals surface area (Å²) in [5.41, 5.74) is 4.57. The summed E-state index contributed by atoms with van der Waals surface area (Å²) in [6.45, 7) is 14.3. The molecule has 3 heterocycles. The fourth-order valence-electron chi connectivity index (χ4n) is 5.01. The van der Waals surface area contributed by atoms with Crippen LogP contribution in [0.5, 0.6) is 0 Å². The molecule has 7 nitrogen and oxygen atoms in total. The van der Waals surface area contributed by atoms with Gasteiger partial charge in [0.25, 0.3) is 5.91 Å². The van der Waals surface area contributed by atoms with E-state index < -0.39 is 0 Å². The smallest absolute Gasteiger partial charge is 0.252 e. The highest BCUT2D eigenvalue weighted by molar-refractivity contribution is 6.06. The van der Waals surface area contributed by atoms with Crippen molar-refractivity contribution in [1.29, 1.82) is 0 Å². The molecular formula is C28H38N6O. The monoisotopic (exact) mass is 474 g/mol. The maximum absolute atomic E-state index is 13.3. The van der Waals surface area contributed by atoms with Crippen LogP contribution in [0.25, 0.3) is 11.0 Å². The number of pyridine rings is 1. The van der Waals surface area contributed by atoms with Crippen molar-refractivity contribution >= 4 is 22.6 Å². The number of nitrogens with zero attached hydrogens (tertiary/aromatic N) is 5. The van der Waals surface area contributed by atoms with Gasteiger partial charge >= 0.3 is 0 Å². The number of aryl methyl sites for hydroxylation is 1. The molecule has 186 valence electrons. The van der Waals surface area contributed by atoms with Gasteiger partial charge in [0.2, 0.25) is 0 Å². The van der Waals surface area contributed by atoms with E-state index in [-0.39, 0.29) is 11.4 Å². The Labute approximate surface area is 208 Å². The number of hydrogen-bond acceptors (Lipinski definition) is 5. The molecule has 3 aromatic rings. The van der Waals surface area contributed by atoms with E-state index >= 15 is 0 Å².